The van der Waals surface area contributed by atoms with Gasteiger partial charge in [-0.3, -0.25) is 0 Å². The maximum atomic E-state index is 6.05. The quantitative estimate of drug-likeness (QED) is 0.877. The highest BCUT2D eigenvalue weighted by atomic mass is 32.1. The molecule has 2 N–H and O–H groups in total. The number of nitrogens with zero attached hydrogens (tertiary/aromatic N) is 1. The molecule has 2 atom stereocenters. The summed E-state index contributed by atoms with van der Waals surface area (Å²) in [6.07, 6.45) is 4.67. The molecule has 1 aliphatic carbocycles. The van der Waals surface area contributed by atoms with Crippen molar-refractivity contribution in [3.05, 3.63) is 15.6 Å². The van der Waals surface area contributed by atoms with Gasteiger partial charge in [0.25, 0.3) is 0 Å². The lowest BCUT2D eigenvalue weighted by Gasteiger charge is -2.24. The third kappa shape index (κ3) is 2.30. The number of aromatic nitrogens is 1. The van der Waals surface area contributed by atoms with Gasteiger partial charge >= 0.3 is 0 Å². The Kier molecular flexibility index (Phi) is 3.65. The second-order valence-electron chi connectivity index (χ2n) is 5.18. The lowest BCUT2D eigenvalue weighted by molar-refractivity contribution is 0.344. The molecular weight excluding hydrogens is 216 g/mol. The molecular formula is C13H22N2S. The molecule has 2 rings (SSSR count). The van der Waals surface area contributed by atoms with E-state index in [1.165, 1.54) is 23.4 Å². The maximum Gasteiger partial charge on any atom is 0.110 e. The lowest BCUT2D eigenvalue weighted by atomic mass is 9.83. The van der Waals surface area contributed by atoms with Crippen molar-refractivity contribution in [3.63, 3.8) is 0 Å². The van der Waals surface area contributed by atoms with Gasteiger partial charge in [-0.1, -0.05) is 20.8 Å². The minimum Gasteiger partial charge on any atom is -0.322 e. The van der Waals surface area contributed by atoms with E-state index in [1.54, 1.807) is 0 Å². The summed E-state index contributed by atoms with van der Waals surface area (Å²) >= 11 is 1.85. The van der Waals surface area contributed by atoms with E-state index >= 15 is 0 Å². The van der Waals surface area contributed by atoms with Crippen LogP contribution in [0, 0.1) is 11.8 Å². The van der Waals surface area contributed by atoms with Gasteiger partial charge in [0.05, 0.1) is 11.7 Å². The molecule has 0 saturated carbocycles. The average molecular weight is 238 g/mol. The first-order valence-corrected chi connectivity index (χ1v) is 7.17. The van der Waals surface area contributed by atoms with Crippen LogP contribution in [0.2, 0.25) is 0 Å². The molecule has 0 bridgehead atoms. The first kappa shape index (κ1) is 12.1. The predicted molar refractivity (Wildman–Crippen MR) is 69.7 cm³/mol. The number of rotatable bonds is 3. The van der Waals surface area contributed by atoms with Crippen LogP contribution in [-0.2, 0) is 12.8 Å². The third-order valence-corrected chi connectivity index (χ3v) is 4.95. The van der Waals surface area contributed by atoms with Gasteiger partial charge in [-0.05, 0) is 37.5 Å². The summed E-state index contributed by atoms with van der Waals surface area (Å²) in [6, 6.07) is 0.146. The first-order chi connectivity index (χ1) is 7.61. The standard InChI is InChI=1S/C13H22N2S/c1-4-10(14)13-15-11-6-5-9(8(2)3)7-12(11)16-13/h8-10H,4-7,14H2,1-3H3. The van der Waals surface area contributed by atoms with Crippen molar-refractivity contribution in [3.8, 4) is 0 Å². The Morgan fingerprint density at radius 3 is 2.88 bits per heavy atom. The van der Waals surface area contributed by atoms with Crippen LogP contribution >= 0.6 is 11.3 Å². The van der Waals surface area contributed by atoms with E-state index in [4.69, 9.17) is 10.7 Å². The van der Waals surface area contributed by atoms with E-state index in [0.717, 1.165) is 29.7 Å². The summed E-state index contributed by atoms with van der Waals surface area (Å²) in [5, 5.41) is 1.15. The van der Waals surface area contributed by atoms with Crippen LogP contribution in [0.15, 0.2) is 0 Å². The molecule has 0 fully saturated rings. The Labute approximate surface area is 102 Å². The monoisotopic (exact) mass is 238 g/mol. The van der Waals surface area contributed by atoms with Crippen molar-refractivity contribution in [2.45, 2.75) is 52.5 Å². The fraction of sp³-hybridized carbons (Fsp3) is 0.769. The van der Waals surface area contributed by atoms with Crippen LogP contribution in [-0.4, -0.2) is 4.98 Å². The van der Waals surface area contributed by atoms with Gasteiger partial charge in [0.15, 0.2) is 0 Å². The third-order valence-electron chi connectivity index (χ3n) is 3.69. The van der Waals surface area contributed by atoms with Crippen molar-refractivity contribution in [1.82, 2.24) is 4.98 Å². The first-order valence-electron chi connectivity index (χ1n) is 6.35. The molecule has 0 radical (unpaired) electrons. The van der Waals surface area contributed by atoms with E-state index in [-0.39, 0.29) is 6.04 Å². The van der Waals surface area contributed by atoms with E-state index in [2.05, 4.69) is 20.8 Å². The number of aryl methyl sites for hydroxylation is 1. The molecule has 2 nitrogen and oxygen atoms in total. The number of fused-ring (bicyclic) bond motifs is 1. The maximum absolute atomic E-state index is 6.05. The number of thiazole rings is 1. The molecule has 0 spiro atoms. The van der Waals surface area contributed by atoms with Crippen LogP contribution in [0.25, 0.3) is 0 Å². The zero-order valence-electron chi connectivity index (χ0n) is 10.5. The van der Waals surface area contributed by atoms with Gasteiger partial charge in [0, 0.05) is 4.88 Å². The van der Waals surface area contributed by atoms with Crippen molar-refractivity contribution in [1.29, 1.82) is 0 Å². The number of hydrogen-bond acceptors (Lipinski definition) is 3. The second-order valence-corrected chi connectivity index (χ2v) is 6.30. The van der Waals surface area contributed by atoms with Crippen molar-refractivity contribution in [2.75, 3.05) is 0 Å². The van der Waals surface area contributed by atoms with Gasteiger partial charge in [0.2, 0.25) is 0 Å². The van der Waals surface area contributed by atoms with Crippen molar-refractivity contribution in [2.24, 2.45) is 17.6 Å². The van der Waals surface area contributed by atoms with Gasteiger partial charge in [-0.2, -0.15) is 0 Å². The SMILES string of the molecule is CCC(N)c1nc2c(s1)CC(C(C)C)CC2. The highest BCUT2D eigenvalue weighted by Crippen LogP contribution is 2.35. The van der Waals surface area contributed by atoms with Gasteiger partial charge in [-0.15, -0.1) is 11.3 Å². The van der Waals surface area contributed by atoms with Crippen molar-refractivity contribution >= 4 is 11.3 Å². The van der Waals surface area contributed by atoms with Crippen LogP contribution in [0.4, 0.5) is 0 Å². The molecule has 0 aliphatic heterocycles. The normalized spacial score (nSPS) is 22.2. The average Bonchev–Trinajstić information content (AvgIpc) is 2.70. The van der Waals surface area contributed by atoms with Crippen LogP contribution < -0.4 is 5.73 Å². The second kappa shape index (κ2) is 4.84. The topological polar surface area (TPSA) is 38.9 Å². The Hall–Kier alpha value is -0.410. The molecule has 1 aliphatic rings. The predicted octanol–water partition coefficient (Wildman–Crippen LogP) is 3.31. The van der Waals surface area contributed by atoms with Crippen LogP contribution in [0.1, 0.15) is 55.2 Å². The molecule has 1 heterocycles. The molecule has 0 saturated heterocycles. The molecule has 16 heavy (non-hydrogen) atoms. The molecule has 1 aromatic rings. The zero-order chi connectivity index (χ0) is 11.7. The Morgan fingerprint density at radius 1 is 1.50 bits per heavy atom. The van der Waals surface area contributed by atoms with E-state index in [0.29, 0.717) is 0 Å². The van der Waals surface area contributed by atoms with Crippen LogP contribution in [0.3, 0.4) is 0 Å². The molecule has 1 aromatic heterocycles. The molecule has 2 unspecified atom stereocenters. The minimum absolute atomic E-state index is 0.146. The van der Waals surface area contributed by atoms with Crippen LogP contribution in [0.5, 0.6) is 0 Å². The zero-order valence-corrected chi connectivity index (χ0v) is 11.3. The summed E-state index contributed by atoms with van der Waals surface area (Å²) in [6.45, 7) is 6.78. The lowest BCUT2D eigenvalue weighted by Crippen LogP contribution is -2.17. The smallest absolute Gasteiger partial charge is 0.110 e. The molecule has 90 valence electrons. The molecule has 0 aromatic carbocycles. The van der Waals surface area contributed by atoms with E-state index < -0.39 is 0 Å². The van der Waals surface area contributed by atoms with Gasteiger partial charge in [-0.25, -0.2) is 4.98 Å². The Bertz CT molecular complexity index is 357. The Morgan fingerprint density at radius 2 is 2.25 bits per heavy atom. The van der Waals surface area contributed by atoms with E-state index in [1.807, 2.05) is 11.3 Å². The van der Waals surface area contributed by atoms with Gasteiger partial charge in [0.1, 0.15) is 5.01 Å². The minimum atomic E-state index is 0.146. The summed E-state index contributed by atoms with van der Waals surface area (Å²) in [7, 11) is 0. The fourth-order valence-corrected chi connectivity index (χ4v) is 3.61. The summed E-state index contributed by atoms with van der Waals surface area (Å²) in [4.78, 5) is 6.21. The highest BCUT2D eigenvalue weighted by molar-refractivity contribution is 7.11. The number of hydrogen-bond donors (Lipinski definition) is 1. The fourth-order valence-electron chi connectivity index (χ4n) is 2.32. The summed E-state index contributed by atoms with van der Waals surface area (Å²) in [5.41, 5.74) is 7.38. The van der Waals surface area contributed by atoms with Crippen molar-refractivity contribution < 1.29 is 0 Å². The number of nitrogens with two attached hydrogens (primary N) is 1. The van der Waals surface area contributed by atoms with Gasteiger partial charge < -0.3 is 5.73 Å². The summed E-state index contributed by atoms with van der Waals surface area (Å²) < 4.78 is 0. The highest BCUT2D eigenvalue weighted by Gasteiger charge is 2.25. The largest absolute Gasteiger partial charge is 0.322 e. The Balaban J connectivity index is 2.16. The molecule has 3 heteroatoms. The summed E-state index contributed by atoms with van der Waals surface area (Å²) in [5.74, 6) is 1.64. The van der Waals surface area contributed by atoms with E-state index in [9.17, 15) is 0 Å². The molecule has 0 amide bonds.